The SMILES string of the molecule is CC[C@H](C)[C@H](NC(=O)CN(Cc1ccc(F)cc1)C(=O)c1cccc(Cl)c1)C(=O)N[C@@H](Cc1cscn1)C(=O)NO. The van der Waals surface area contributed by atoms with Crippen LogP contribution in [-0.2, 0) is 27.3 Å². The maximum atomic E-state index is 13.5. The lowest BCUT2D eigenvalue weighted by molar-refractivity contribution is -0.136. The van der Waals surface area contributed by atoms with Crippen molar-refractivity contribution in [1.29, 1.82) is 0 Å². The molecule has 2 aromatic carbocycles. The van der Waals surface area contributed by atoms with Gasteiger partial charge in [-0.25, -0.2) is 14.9 Å². The van der Waals surface area contributed by atoms with E-state index in [1.165, 1.54) is 46.6 Å². The molecule has 1 heterocycles. The molecular weight excluding hydrogens is 573 g/mol. The van der Waals surface area contributed by atoms with Gasteiger partial charge >= 0.3 is 0 Å². The zero-order valence-electron chi connectivity index (χ0n) is 22.5. The molecule has 0 spiro atoms. The van der Waals surface area contributed by atoms with Gasteiger partial charge in [-0.2, -0.15) is 0 Å². The maximum Gasteiger partial charge on any atom is 0.266 e. The van der Waals surface area contributed by atoms with Crippen LogP contribution < -0.4 is 16.1 Å². The van der Waals surface area contributed by atoms with Gasteiger partial charge in [0.05, 0.1) is 11.2 Å². The molecule has 0 unspecified atom stereocenters. The van der Waals surface area contributed by atoms with Crippen molar-refractivity contribution in [2.24, 2.45) is 5.92 Å². The lowest BCUT2D eigenvalue weighted by Crippen LogP contribution is -2.57. The number of nitrogens with one attached hydrogen (secondary N) is 3. The Labute approximate surface area is 245 Å². The minimum absolute atomic E-state index is 0.00831. The summed E-state index contributed by atoms with van der Waals surface area (Å²) in [7, 11) is 0. The first-order valence-electron chi connectivity index (χ1n) is 12.8. The van der Waals surface area contributed by atoms with E-state index in [1.54, 1.807) is 41.5 Å². The highest BCUT2D eigenvalue weighted by molar-refractivity contribution is 7.07. The summed E-state index contributed by atoms with van der Waals surface area (Å²) in [5.74, 6) is -3.36. The lowest BCUT2D eigenvalue weighted by Gasteiger charge is -2.28. The number of thiazole rings is 1. The van der Waals surface area contributed by atoms with Crippen LogP contribution in [0.1, 0.15) is 41.9 Å². The first kappa shape index (κ1) is 31.7. The van der Waals surface area contributed by atoms with E-state index in [9.17, 15) is 28.8 Å². The summed E-state index contributed by atoms with van der Waals surface area (Å²) < 4.78 is 13.5. The number of hydrogen-bond acceptors (Lipinski definition) is 7. The molecule has 1 aromatic heterocycles. The Hall–Kier alpha value is -3.87. The van der Waals surface area contributed by atoms with Crippen molar-refractivity contribution in [2.45, 2.75) is 45.3 Å². The number of rotatable bonds is 13. The predicted molar refractivity (Wildman–Crippen MR) is 152 cm³/mol. The minimum atomic E-state index is -1.14. The number of aromatic nitrogens is 1. The molecule has 4 amide bonds. The summed E-state index contributed by atoms with van der Waals surface area (Å²) in [6.45, 7) is 3.18. The maximum absolute atomic E-state index is 13.5. The predicted octanol–water partition coefficient (Wildman–Crippen LogP) is 3.34. The van der Waals surface area contributed by atoms with E-state index >= 15 is 0 Å². The molecule has 0 aliphatic rings. The molecule has 41 heavy (non-hydrogen) atoms. The zero-order valence-corrected chi connectivity index (χ0v) is 24.0. The molecule has 3 aromatic rings. The molecule has 13 heteroatoms. The number of carbonyl (C=O) groups is 4. The Bertz CT molecular complexity index is 1340. The summed E-state index contributed by atoms with van der Waals surface area (Å²) in [6.07, 6.45) is 0.546. The first-order valence-corrected chi connectivity index (χ1v) is 14.1. The molecule has 0 saturated heterocycles. The van der Waals surface area contributed by atoms with E-state index in [0.717, 1.165) is 0 Å². The first-order chi connectivity index (χ1) is 19.6. The highest BCUT2D eigenvalue weighted by Gasteiger charge is 2.31. The number of nitrogens with zero attached hydrogens (tertiary/aromatic N) is 2. The van der Waals surface area contributed by atoms with Crippen molar-refractivity contribution in [3.05, 3.63) is 87.1 Å². The Kier molecular flexibility index (Phi) is 11.7. The number of carbonyl (C=O) groups excluding carboxylic acids is 4. The Balaban J connectivity index is 1.79. The van der Waals surface area contributed by atoms with Crippen LogP contribution >= 0.6 is 22.9 Å². The molecule has 0 bridgehead atoms. The number of amides is 4. The van der Waals surface area contributed by atoms with Crippen molar-refractivity contribution in [3.63, 3.8) is 0 Å². The van der Waals surface area contributed by atoms with Gasteiger partial charge in [-0.1, -0.05) is 50.1 Å². The van der Waals surface area contributed by atoms with E-state index < -0.39 is 48.1 Å². The third-order valence-electron chi connectivity index (χ3n) is 6.43. The molecule has 0 aliphatic heterocycles. The van der Waals surface area contributed by atoms with Gasteiger partial charge < -0.3 is 15.5 Å². The standard InChI is InChI=1S/C28H31ClFN5O5S/c1-3-17(2)25(27(38)32-23(26(37)34-40)12-22-15-41-16-31-22)33-24(36)14-35(13-18-7-9-21(30)10-8-18)28(39)19-5-4-6-20(29)11-19/h4-11,15-17,23,25,40H,3,12-14H2,1-2H3,(H,32,38)(H,33,36)(H,34,37)/t17-,23-,25-/m0/s1. The van der Waals surface area contributed by atoms with E-state index in [2.05, 4.69) is 15.6 Å². The van der Waals surface area contributed by atoms with Crippen LogP contribution in [0.3, 0.4) is 0 Å². The molecule has 218 valence electrons. The summed E-state index contributed by atoms with van der Waals surface area (Å²) in [5, 5.41) is 16.5. The second-order valence-electron chi connectivity index (χ2n) is 9.45. The van der Waals surface area contributed by atoms with Gasteiger partial charge in [0.25, 0.3) is 11.8 Å². The molecule has 0 radical (unpaired) electrons. The third kappa shape index (κ3) is 9.34. The largest absolute Gasteiger partial charge is 0.343 e. The van der Waals surface area contributed by atoms with Gasteiger partial charge in [0.1, 0.15) is 24.4 Å². The smallest absolute Gasteiger partial charge is 0.266 e. The van der Waals surface area contributed by atoms with Gasteiger partial charge in [0, 0.05) is 28.9 Å². The van der Waals surface area contributed by atoms with Crippen LogP contribution in [0.25, 0.3) is 0 Å². The summed E-state index contributed by atoms with van der Waals surface area (Å²) in [4.78, 5) is 57.6. The average Bonchev–Trinajstić information content (AvgIpc) is 3.48. The fourth-order valence-electron chi connectivity index (χ4n) is 4.00. The molecule has 0 fully saturated rings. The van der Waals surface area contributed by atoms with Crippen LogP contribution in [0.2, 0.25) is 5.02 Å². The van der Waals surface area contributed by atoms with E-state index in [-0.39, 0.29) is 24.4 Å². The van der Waals surface area contributed by atoms with Crippen LogP contribution in [0.15, 0.2) is 59.4 Å². The average molecular weight is 604 g/mol. The fraction of sp³-hybridized carbons (Fsp3) is 0.321. The van der Waals surface area contributed by atoms with Crippen LogP contribution in [0.5, 0.6) is 0 Å². The molecule has 4 N–H and O–H groups in total. The quantitative estimate of drug-likeness (QED) is 0.174. The van der Waals surface area contributed by atoms with Crippen LogP contribution in [-0.4, -0.2) is 57.3 Å². The number of hydroxylamine groups is 1. The second-order valence-corrected chi connectivity index (χ2v) is 10.6. The zero-order chi connectivity index (χ0) is 29.9. The minimum Gasteiger partial charge on any atom is -0.343 e. The van der Waals surface area contributed by atoms with Crippen molar-refractivity contribution < 1.29 is 28.8 Å². The highest BCUT2D eigenvalue weighted by atomic mass is 35.5. The van der Waals surface area contributed by atoms with Gasteiger partial charge in [-0.05, 0) is 41.8 Å². The van der Waals surface area contributed by atoms with E-state index in [0.29, 0.717) is 22.7 Å². The topological polar surface area (TPSA) is 141 Å². The molecule has 0 aliphatic carbocycles. The van der Waals surface area contributed by atoms with Crippen LogP contribution in [0, 0.1) is 11.7 Å². The van der Waals surface area contributed by atoms with E-state index in [4.69, 9.17) is 11.6 Å². The number of benzene rings is 2. The summed E-state index contributed by atoms with van der Waals surface area (Å²) in [6, 6.07) is 9.60. The van der Waals surface area contributed by atoms with Crippen LogP contribution in [0.4, 0.5) is 4.39 Å². The normalized spacial score (nSPS) is 13.0. The second kappa shape index (κ2) is 15.2. The van der Waals surface area contributed by atoms with E-state index in [1.807, 2.05) is 6.92 Å². The van der Waals surface area contributed by atoms with Crippen molar-refractivity contribution in [1.82, 2.24) is 26.0 Å². The Morgan fingerprint density at radius 3 is 2.44 bits per heavy atom. The highest BCUT2D eigenvalue weighted by Crippen LogP contribution is 2.16. The van der Waals surface area contributed by atoms with Gasteiger partial charge in [0.15, 0.2) is 0 Å². The van der Waals surface area contributed by atoms with Gasteiger partial charge in [-0.15, -0.1) is 11.3 Å². The van der Waals surface area contributed by atoms with Gasteiger partial charge in [0.2, 0.25) is 11.8 Å². The van der Waals surface area contributed by atoms with Crippen molar-refractivity contribution in [2.75, 3.05) is 6.54 Å². The van der Waals surface area contributed by atoms with Gasteiger partial charge in [-0.3, -0.25) is 24.4 Å². The lowest BCUT2D eigenvalue weighted by atomic mass is 9.97. The monoisotopic (exact) mass is 603 g/mol. The number of hydrogen-bond donors (Lipinski definition) is 4. The molecule has 10 nitrogen and oxygen atoms in total. The van der Waals surface area contributed by atoms with Crippen molar-refractivity contribution in [3.8, 4) is 0 Å². The molecule has 0 saturated carbocycles. The molecular formula is C28H31ClFN5O5S. The molecule has 3 rings (SSSR count). The summed E-state index contributed by atoms with van der Waals surface area (Å²) >= 11 is 7.38. The number of halogens is 2. The van der Waals surface area contributed by atoms with Crippen molar-refractivity contribution >= 4 is 46.6 Å². The Morgan fingerprint density at radius 1 is 1.10 bits per heavy atom. The Morgan fingerprint density at radius 2 is 1.83 bits per heavy atom. The summed E-state index contributed by atoms with van der Waals surface area (Å²) in [5.41, 5.74) is 4.51. The fourth-order valence-corrected chi connectivity index (χ4v) is 4.77. The molecule has 3 atom stereocenters. The third-order valence-corrected chi connectivity index (χ3v) is 7.30.